The van der Waals surface area contributed by atoms with Gasteiger partial charge in [0.15, 0.2) is 0 Å². The van der Waals surface area contributed by atoms with Gasteiger partial charge in [0.2, 0.25) is 5.91 Å². The minimum absolute atomic E-state index is 0.211. The maximum atomic E-state index is 11.6. The van der Waals surface area contributed by atoms with E-state index in [1.807, 2.05) is 0 Å². The van der Waals surface area contributed by atoms with Crippen molar-refractivity contribution in [3.05, 3.63) is 0 Å². The average Bonchev–Trinajstić information content (AvgIpc) is 2.66. The first-order valence-electron chi connectivity index (χ1n) is 6.09. The Labute approximate surface area is 93.0 Å². The Hall–Kier alpha value is -0.570. The number of carbonyl (C=O) groups is 1. The number of carbonyl (C=O) groups excluding carboxylic acids is 1. The highest BCUT2D eigenvalue weighted by Gasteiger charge is 2.16. The van der Waals surface area contributed by atoms with Gasteiger partial charge in [-0.25, -0.2) is 0 Å². The van der Waals surface area contributed by atoms with E-state index in [0.29, 0.717) is 24.3 Å². The molecule has 3 heteroatoms. The second kappa shape index (κ2) is 6.11. The summed E-state index contributed by atoms with van der Waals surface area (Å²) in [6.07, 6.45) is 2.94. The molecule has 1 heterocycles. The molecule has 15 heavy (non-hydrogen) atoms. The highest BCUT2D eigenvalue weighted by Crippen LogP contribution is 2.14. The Balaban J connectivity index is 2.12. The predicted octanol–water partition coefficient (Wildman–Crippen LogP) is 1.54. The van der Waals surface area contributed by atoms with Gasteiger partial charge >= 0.3 is 0 Å². The summed E-state index contributed by atoms with van der Waals surface area (Å²) >= 11 is 0. The first kappa shape index (κ1) is 12.5. The van der Waals surface area contributed by atoms with Gasteiger partial charge in [-0.1, -0.05) is 13.8 Å². The van der Waals surface area contributed by atoms with Gasteiger partial charge < -0.3 is 10.6 Å². The van der Waals surface area contributed by atoms with E-state index in [1.54, 1.807) is 0 Å². The van der Waals surface area contributed by atoms with Gasteiger partial charge in [-0.2, -0.15) is 0 Å². The van der Waals surface area contributed by atoms with E-state index in [2.05, 4.69) is 31.4 Å². The molecule has 88 valence electrons. The number of amides is 1. The summed E-state index contributed by atoms with van der Waals surface area (Å²) in [6.45, 7) is 8.54. The molecule has 0 bridgehead atoms. The maximum absolute atomic E-state index is 11.6. The van der Waals surface area contributed by atoms with Crippen molar-refractivity contribution in [1.82, 2.24) is 10.6 Å². The lowest BCUT2D eigenvalue weighted by Gasteiger charge is -2.17. The van der Waals surface area contributed by atoms with E-state index < -0.39 is 0 Å². The largest absolute Gasteiger partial charge is 0.353 e. The van der Waals surface area contributed by atoms with Crippen LogP contribution in [0.2, 0.25) is 0 Å². The zero-order chi connectivity index (χ0) is 11.3. The Morgan fingerprint density at radius 3 is 2.73 bits per heavy atom. The minimum Gasteiger partial charge on any atom is -0.353 e. The standard InChI is InChI=1S/C12H24N2O/c1-9(2)10(3)14-12(15)5-4-11-6-7-13-8-11/h9-11,13H,4-8H2,1-3H3,(H,14,15). The molecule has 2 unspecified atom stereocenters. The SMILES string of the molecule is CC(C)C(C)NC(=O)CCC1CCNC1. The molecule has 1 aliphatic heterocycles. The number of nitrogens with one attached hydrogen (secondary N) is 2. The molecule has 1 fully saturated rings. The molecule has 0 aromatic heterocycles. The normalized spacial score (nSPS) is 23.1. The number of rotatable bonds is 5. The zero-order valence-corrected chi connectivity index (χ0v) is 10.2. The summed E-state index contributed by atoms with van der Waals surface area (Å²) in [7, 11) is 0. The van der Waals surface area contributed by atoms with Gasteiger partial charge in [0.05, 0.1) is 0 Å². The van der Waals surface area contributed by atoms with Gasteiger partial charge in [0.1, 0.15) is 0 Å². The van der Waals surface area contributed by atoms with E-state index in [1.165, 1.54) is 6.42 Å². The third-order valence-electron chi connectivity index (χ3n) is 3.33. The monoisotopic (exact) mass is 212 g/mol. The van der Waals surface area contributed by atoms with E-state index in [9.17, 15) is 4.79 Å². The topological polar surface area (TPSA) is 41.1 Å². The van der Waals surface area contributed by atoms with Crippen molar-refractivity contribution in [3.63, 3.8) is 0 Å². The van der Waals surface area contributed by atoms with Crippen molar-refractivity contribution >= 4 is 5.91 Å². The number of hydrogen-bond donors (Lipinski definition) is 2. The molecule has 2 N–H and O–H groups in total. The van der Waals surface area contributed by atoms with E-state index in [4.69, 9.17) is 0 Å². The molecule has 1 amide bonds. The average molecular weight is 212 g/mol. The van der Waals surface area contributed by atoms with Gasteiger partial charge in [-0.15, -0.1) is 0 Å². The molecule has 1 saturated heterocycles. The molecule has 0 saturated carbocycles. The van der Waals surface area contributed by atoms with Crippen molar-refractivity contribution < 1.29 is 4.79 Å². The Morgan fingerprint density at radius 1 is 1.47 bits per heavy atom. The molecule has 0 aromatic rings. The highest BCUT2D eigenvalue weighted by atomic mass is 16.1. The van der Waals surface area contributed by atoms with Crippen LogP contribution in [-0.2, 0) is 4.79 Å². The lowest BCUT2D eigenvalue weighted by molar-refractivity contribution is -0.122. The summed E-state index contributed by atoms with van der Waals surface area (Å²) in [6, 6.07) is 0.291. The lowest BCUT2D eigenvalue weighted by Crippen LogP contribution is -2.36. The summed E-state index contributed by atoms with van der Waals surface area (Å²) in [5.41, 5.74) is 0. The molecule has 0 aliphatic carbocycles. The van der Waals surface area contributed by atoms with Crippen LogP contribution in [-0.4, -0.2) is 25.0 Å². The molecular weight excluding hydrogens is 188 g/mol. The Kier molecular flexibility index (Phi) is 5.09. The van der Waals surface area contributed by atoms with Crippen LogP contribution >= 0.6 is 0 Å². The van der Waals surface area contributed by atoms with E-state index in [0.717, 1.165) is 19.5 Å². The van der Waals surface area contributed by atoms with Gasteiger partial charge in [0, 0.05) is 12.5 Å². The second-order valence-electron chi connectivity index (χ2n) is 5.00. The van der Waals surface area contributed by atoms with Crippen molar-refractivity contribution in [2.24, 2.45) is 11.8 Å². The first-order chi connectivity index (χ1) is 7.09. The van der Waals surface area contributed by atoms with Gasteiger partial charge in [0.25, 0.3) is 0 Å². The fourth-order valence-corrected chi connectivity index (χ4v) is 1.79. The lowest BCUT2D eigenvalue weighted by atomic mass is 10.0. The van der Waals surface area contributed by atoms with Gasteiger partial charge in [-0.05, 0) is 44.7 Å². The van der Waals surface area contributed by atoms with Crippen molar-refractivity contribution in [1.29, 1.82) is 0 Å². The van der Waals surface area contributed by atoms with E-state index in [-0.39, 0.29) is 5.91 Å². The number of hydrogen-bond acceptors (Lipinski definition) is 2. The fourth-order valence-electron chi connectivity index (χ4n) is 1.79. The molecule has 2 atom stereocenters. The second-order valence-corrected chi connectivity index (χ2v) is 5.00. The highest BCUT2D eigenvalue weighted by molar-refractivity contribution is 5.76. The van der Waals surface area contributed by atoms with Crippen LogP contribution in [0.25, 0.3) is 0 Å². The van der Waals surface area contributed by atoms with Crippen LogP contribution in [0.15, 0.2) is 0 Å². The predicted molar refractivity (Wildman–Crippen MR) is 62.7 cm³/mol. The molecule has 1 rings (SSSR count). The first-order valence-corrected chi connectivity index (χ1v) is 6.09. The molecule has 1 aliphatic rings. The van der Waals surface area contributed by atoms with Crippen LogP contribution in [0, 0.1) is 11.8 Å². The van der Waals surface area contributed by atoms with Crippen LogP contribution in [0.4, 0.5) is 0 Å². The zero-order valence-electron chi connectivity index (χ0n) is 10.2. The summed E-state index contributed by atoms with van der Waals surface area (Å²) in [4.78, 5) is 11.6. The van der Waals surface area contributed by atoms with Crippen LogP contribution < -0.4 is 10.6 Å². The summed E-state index contributed by atoms with van der Waals surface area (Å²) in [5, 5.41) is 6.37. The smallest absolute Gasteiger partial charge is 0.220 e. The summed E-state index contributed by atoms with van der Waals surface area (Å²) < 4.78 is 0. The Bertz CT molecular complexity index is 198. The van der Waals surface area contributed by atoms with Crippen molar-refractivity contribution in [3.8, 4) is 0 Å². The van der Waals surface area contributed by atoms with Crippen LogP contribution in [0.3, 0.4) is 0 Å². The Morgan fingerprint density at radius 2 is 2.20 bits per heavy atom. The van der Waals surface area contributed by atoms with Gasteiger partial charge in [-0.3, -0.25) is 4.79 Å². The van der Waals surface area contributed by atoms with Crippen molar-refractivity contribution in [2.75, 3.05) is 13.1 Å². The molecular formula is C12H24N2O. The minimum atomic E-state index is 0.211. The van der Waals surface area contributed by atoms with Crippen LogP contribution in [0.1, 0.15) is 40.0 Å². The third kappa shape index (κ3) is 4.65. The fraction of sp³-hybridized carbons (Fsp3) is 0.917. The quantitative estimate of drug-likeness (QED) is 0.726. The molecule has 3 nitrogen and oxygen atoms in total. The maximum Gasteiger partial charge on any atom is 0.220 e. The van der Waals surface area contributed by atoms with Crippen LogP contribution in [0.5, 0.6) is 0 Å². The summed E-state index contributed by atoms with van der Waals surface area (Å²) in [5.74, 6) is 1.44. The molecule has 0 aromatic carbocycles. The van der Waals surface area contributed by atoms with E-state index >= 15 is 0 Å². The van der Waals surface area contributed by atoms with Crippen molar-refractivity contribution in [2.45, 2.75) is 46.1 Å². The third-order valence-corrected chi connectivity index (χ3v) is 3.33. The molecule has 0 radical (unpaired) electrons. The molecule has 0 spiro atoms.